The number of rotatable bonds is 7. The van der Waals surface area contributed by atoms with Crippen LogP contribution in [0.15, 0.2) is 71.5 Å². The number of nitrogens with zero attached hydrogens (tertiary/aromatic N) is 5. The normalized spacial score (nSPS) is 10.8. The van der Waals surface area contributed by atoms with Crippen molar-refractivity contribution in [1.29, 1.82) is 0 Å². The van der Waals surface area contributed by atoms with Crippen molar-refractivity contribution in [2.24, 2.45) is 0 Å². The molecular formula is C18H15N5OS2. The molecular weight excluding hydrogens is 366 g/mol. The number of thioether (sulfide) groups is 1. The highest BCUT2D eigenvalue weighted by molar-refractivity contribution is 7.98. The summed E-state index contributed by atoms with van der Waals surface area (Å²) in [6, 6.07) is 15.8. The lowest BCUT2D eigenvalue weighted by Gasteiger charge is -2.10. The first-order valence-corrected chi connectivity index (χ1v) is 9.82. The van der Waals surface area contributed by atoms with Gasteiger partial charge in [-0.3, -0.25) is 4.98 Å². The molecule has 3 heterocycles. The van der Waals surface area contributed by atoms with Crippen molar-refractivity contribution < 1.29 is 4.74 Å². The van der Waals surface area contributed by atoms with Gasteiger partial charge in [-0.15, -0.1) is 16.4 Å². The first kappa shape index (κ1) is 16.7. The van der Waals surface area contributed by atoms with Crippen molar-refractivity contribution >= 4 is 23.1 Å². The standard InChI is InChI=1S/C18H15N5OS2/c1-2-8-17(24-15-6-3-9-19-11-15)14(5-1)13-26-18-20-21-22-23(18)12-16-7-4-10-25-16/h1-11H,12-13H2. The number of pyridine rings is 1. The number of aromatic nitrogens is 5. The summed E-state index contributed by atoms with van der Waals surface area (Å²) in [7, 11) is 0. The van der Waals surface area contributed by atoms with E-state index in [4.69, 9.17) is 4.74 Å². The predicted molar refractivity (Wildman–Crippen MR) is 102 cm³/mol. The van der Waals surface area contributed by atoms with Crippen molar-refractivity contribution in [3.63, 3.8) is 0 Å². The Morgan fingerprint density at radius 1 is 1.08 bits per heavy atom. The number of benzene rings is 1. The topological polar surface area (TPSA) is 65.7 Å². The molecule has 0 unspecified atom stereocenters. The van der Waals surface area contributed by atoms with Crippen LogP contribution in [0.25, 0.3) is 0 Å². The van der Waals surface area contributed by atoms with Crippen LogP contribution in [0.4, 0.5) is 0 Å². The maximum absolute atomic E-state index is 5.96. The summed E-state index contributed by atoms with van der Waals surface area (Å²) in [5.74, 6) is 2.24. The maximum atomic E-state index is 5.96. The van der Waals surface area contributed by atoms with E-state index in [0.29, 0.717) is 18.0 Å². The van der Waals surface area contributed by atoms with Gasteiger partial charge < -0.3 is 4.74 Å². The smallest absolute Gasteiger partial charge is 0.209 e. The molecule has 130 valence electrons. The minimum absolute atomic E-state index is 0.681. The van der Waals surface area contributed by atoms with Crippen molar-refractivity contribution in [2.45, 2.75) is 17.5 Å². The predicted octanol–water partition coefficient (Wildman–Crippen LogP) is 4.26. The molecule has 0 amide bonds. The second kappa shape index (κ2) is 8.11. The van der Waals surface area contributed by atoms with Crippen LogP contribution < -0.4 is 4.74 Å². The molecule has 0 atom stereocenters. The molecule has 4 rings (SSSR count). The molecule has 0 aliphatic carbocycles. The molecule has 26 heavy (non-hydrogen) atoms. The van der Waals surface area contributed by atoms with Gasteiger partial charge in [-0.25, -0.2) is 4.68 Å². The Balaban J connectivity index is 1.46. The molecule has 0 saturated carbocycles. The van der Waals surface area contributed by atoms with E-state index in [9.17, 15) is 0 Å². The van der Waals surface area contributed by atoms with Gasteiger partial charge in [-0.05, 0) is 40.1 Å². The molecule has 0 spiro atoms. The molecule has 4 aromatic rings. The summed E-state index contributed by atoms with van der Waals surface area (Å²) < 4.78 is 7.78. The Hall–Kier alpha value is -2.71. The van der Waals surface area contributed by atoms with Gasteiger partial charge in [0, 0.05) is 22.4 Å². The number of tetrazole rings is 1. The third-order valence-corrected chi connectivity index (χ3v) is 5.44. The number of para-hydroxylation sites is 1. The molecule has 0 N–H and O–H groups in total. The average molecular weight is 381 g/mol. The highest BCUT2D eigenvalue weighted by Crippen LogP contribution is 2.30. The highest BCUT2D eigenvalue weighted by Gasteiger charge is 2.11. The van der Waals surface area contributed by atoms with Crippen LogP contribution in [0.1, 0.15) is 10.4 Å². The zero-order chi connectivity index (χ0) is 17.6. The van der Waals surface area contributed by atoms with Gasteiger partial charge >= 0.3 is 0 Å². The highest BCUT2D eigenvalue weighted by atomic mass is 32.2. The van der Waals surface area contributed by atoms with Crippen LogP contribution in [-0.4, -0.2) is 25.2 Å². The molecule has 0 fully saturated rings. The number of hydrogen-bond acceptors (Lipinski definition) is 7. The first-order valence-electron chi connectivity index (χ1n) is 7.95. The lowest BCUT2D eigenvalue weighted by Crippen LogP contribution is -2.02. The fourth-order valence-electron chi connectivity index (χ4n) is 2.35. The van der Waals surface area contributed by atoms with E-state index in [1.807, 2.05) is 47.1 Å². The summed E-state index contributed by atoms with van der Waals surface area (Å²) in [5, 5.41) is 14.9. The second-order valence-corrected chi connectivity index (χ2v) is 7.36. The van der Waals surface area contributed by atoms with Crippen LogP contribution >= 0.6 is 23.1 Å². The molecule has 0 aliphatic heterocycles. The SMILES string of the molecule is c1cncc(Oc2ccccc2CSc2nnnn2Cc2cccs2)c1. The van der Waals surface area contributed by atoms with Crippen molar-refractivity contribution in [1.82, 2.24) is 25.2 Å². The minimum Gasteiger partial charge on any atom is -0.455 e. The quantitative estimate of drug-likeness (QED) is 0.446. The summed E-state index contributed by atoms with van der Waals surface area (Å²) in [5.41, 5.74) is 1.08. The largest absolute Gasteiger partial charge is 0.455 e. The Kier molecular flexibility index (Phi) is 5.22. The summed E-state index contributed by atoms with van der Waals surface area (Å²) in [4.78, 5) is 5.31. The molecule has 0 saturated heterocycles. The molecule has 0 aliphatic rings. The fourth-order valence-corrected chi connectivity index (χ4v) is 3.90. The Labute approximate surface area is 158 Å². The number of thiophene rings is 1. The summed E-state index contributed by atoms with van der Waals surface area (Å²) >= 11 is 3.29. The monoisotopic (exact) mass is 381 g/mol. The van der Waals surface area contributed by atoms with Gasteiger partial charge in [0.25, 0.3) is 0 Å². The zero-order valence-electron chi connectivity index (χ0n) is 13.7. The van der Waals surface area contributed by atoms with Crippen LogP contribution in [0, 0.1) is 0 Å². The van der Waals surface area contributed by atoms with E-state index in [2.05, 4.69) is 32.0 Å². The molecule has 1 aromatic carbocycles. The van der Waals surface area contributed by atoms with Crippen LogP contribution in [0.3, 0.4) is 0 Å². The molecule has 8 heteroatoms. The van der Waals surface area contributed by atoms with E-state index >= 15 is 0 Å². The van der Waals surface area contributed by atoms with Gasteiger partial charge in [0.15, 0.2) is 0 Å². The van der Waals surface area contributed by atoms with Crippen LogP contribution in [0.2, 0.25) is 0 Å². The molecule has 3 aromatic heterocycles. The van der Waals surface area contributed by atoms with Gasteiger partial charge in [0.2, 0.25) is 5.16 Å². The van der Waals surface area contributed by atoms with E-state index < -0.39 is 0 Å². The minimum atomic E-state index is 0.681. The Bertz CT molecular complexity index is 957. The van der Waals surface area contributed by atoms with Crippen LogP contribution in [0.5, 0.6) is 11.5 Å². The van der Waals surface area contributed by atoms with Crippen LogP contribution in [-0.2, 0) is 12.3 Å². The van der Waals surface area contributed by atoms with E-state index in [0.717, 1.165) is 16.5 Å². The summed E-state index contributed by atoms with van der Waals surface area (Å²) in [6.45, 7) is 0.681. The molecule has 0 bridgehead atoms. The Morgan fingerprint density at radius 2 is 2.04 bits per heavy atom. The van der Waals surface area contributed by atoms with Gasteiger partial charge in [-0.1, -0.05) is 36.0 Å². The van der Waals surface area contributed by atoms with E-state index in [-0.39, 0.29) is 0 Å². The van der Waals surface area contributed by atoms with Gasteiger partial charge in [0.1, 0.15) is 11.5 Å². The average Bonchev–Trinajstić information content (AvgIpc) is 3.34. The summed E-state index contributed by atoms with van der Waals surface area (Å²) in [6.07, 6.45) is 3.42. The maximum Gasteiger partial charge on any atom is 0.209 e. The lowest BCUT2D eigenvalue weighted by atomic mass is 10.2. The van der Waals surface area contributed by atoms with E-state index in [1.54, 1.807) is 35.5 Å². The van der Waals surface area contributed by atoms with Gasteiger partial charge in [0.05, 0.1) is 12.7 Å². The molecule has 0 radical (unpaired) electrons. The third kappa shape index (κ3) is 4.09. The zero-order valence-corrected chi connectivity index (χ0v) is 15.4. The fraction of sp³-hybridized carbons (Fsp3) is 0.111. The van der Waals surface area contributed by atoms with Crippen molar-refractivity contribution in [3.8, 4) is 11.5 Å². The number of ether oxygens (including phenoxy) is 1. The second-order valence-electron chi connectivity index (χ2n) is 5.39. The number of hydrogen-bond donors (Lipinski definition) is 0. The van der Waals surface area contributed by atoms with Crippen molar-refractivity contribution in [3.05, 3.63) is 76.7 Å². The van der Waals surface area contributed by atoms with Gasteiger partial charge in [-0.2, -0.15) is 0 Å². The third-order valence-electron chi connectivity index (χ3n) is 3.58. The van der Waals surface area contributed by atoms with Crippen molar-refractivity contribution in [2.75, 3.05) is 0 Å². The Morgan fingerprint density at radius 3 is 2.88 bits per heavy atom. The first-order chi connectivity index (χ1) is 12.9. The lowest BCUT2D eigenvalue weighted by molar-refractivity contribution is 0.476. The van der Waals surface area contributed by atoms with E-state index in [1.165, 1.54) is 4.88 Å². The molecule has 6 nitrogen and oxygen atoms in total.